The third-order valence-electron chi connectivity index (χ3n) is 5.73. The lowest BCUT2D eigenvalue weighted by molar-refractivity contribution is -0.138. The van der Waals surface area contributed by atoms with Gasteiger partial charge in [0, 0.05) is 44.1 Å². The Morgan fingerprint density at radius 1 is 1.29 bits per heavy atom. The minimum atomic E-state index is -2.76. The van der Waals surface area contributed by atoms with E-state index in [9.17, 15) is 23.2 Å². The largest absolute Gasteiger partial charge is 0.374 e. The highest BCUT2D eigenvalue weighted by atomic mass is 19.3. The van der Waals surface area contributed by atoms with Crippen molar-refractivity contribution in [2.45, 2.75) is 63.5 Å². The van der Waals surface area contributed by atoms with Crippen LogP contribution in [-0.4, -0.2) is 64.3 Å². The fraction of sp³-hybridized carbons (Fsp3) is 0.571. The molecule has 1 aliphatic heterocycles. The lowest BCUT2D eigenvalue weighted by Gasteiger charge is -2.31. The number of hydrogen-bond donors (Lipinski definition) is 3. The average Bonchev–Trinajstić information content (AvgIpc) is 3.21. The zero-order chi connectivity index (χ0) is 22.6. The van der Waals surface area contributed by atoms with Crippen LogP contribution in [0, 0.1) is 5.41 Å². The summed E-state index contributed by atoms with van der Waals surface area (Å²) in [5.74, 6) is -3.89. The lowest BCUT2D eigenvalue weighted by atomic mass is 9.92. The number of carbonyl (C=O) groups excluding carboxylic acids is 3. The number of nitrogens with one attached hydrogen (secondary N) is 3. The second-order valence-corrected chi connectivity index (χ2v) is 8.11. The van der Waals surface area contributed by atoms with Gasteiger partial charge in [-0.3, -0.25) is 24.8 Å². The molecule has 3 rings (SSSR count). The molecular weight excluding hydrogens is 408 g/mol. The van der Waals surface area contributed by atoms with Gasteiger partial charge in [0.15, 0.2) is 5.78 Å². The molecule has 3 N–H and O–H groups in total. The molecule has 0 bridgehead atoms. The number of rotatable bonds is 7. The molecule has 1 aromatic rings. The summed E-state index contributed by atoms with van der Waals surface area (Å²) >= 11 is 0. The minimum Gasteiger partial charge on any atom is -0.374 e. The first-order valence-electron chi connectivity index (χ1n) is 10.4. The second-order valence-electron chi connectivity index (χ2n) is 8.11. The van der Waals surface area contributed by atoms with Crippen molar-refractivity contribution in [1.82, 2.24) is 15.2 Å². The van der Waals surface area contributed by atoms with E-state index < -0.39 is 29.7 Å². The molecule has 0 spiro atoms. The first kappa shape index (κ1) is 22.8. The number of nitrogens with zero attached hydrogens (tertiary/aromatic N) is 2. The molecule has 0 aromatic carbocycles. The summed E-state index contributed by atoms with van der Waals surface area (Å²) in [5.41, 5.74) is 0.519. The molecule has 2 fully saturated rings. The van der Waals surface area contributed by atoms with Crippen LogP contribution in [0.1, 0.15) is 51.0 Å². The highest BCUT2D eigenvalue weighted by Crippen LogP contribution is 2.33. The molecule has 1 saturated carbocycles. The number of amides is 2. The standard InChI is InChI=1S/C21H27F2N5O3/c1-13(29)19(24)15-6-8-25-11-16(15)26-12-18(30)28-9-3-5-17(28)20(31)27-14-4-2-7-21(22,23)10-14/h6,8,11,14,17,24,26H,2-5,7,9-10,12H2,1H3,(H,27,31). The van der Waals surface area contributed by atoms with Crippen LogP contribution in [0.4, 0.5) is 14.5 Å². The average molecular weight is 435 g/mol. The van der Waals surface area contributed by atoms with Crippen molar-refractivity contribution in [3.63, 3.8) is 0 Å². The molecule has 1 aliphatic carbocycles. The predicted molar refractivity (Wildman–Crippen MR) is 110 cm³/mol. The van der Waals surface area contributed by atoms with Gasteiger partial charge in [0.1, 0.15) is 11.8 Å². The maximum atomic E-state index is 13.6. The van der Waals surface area contributed by atoms with Gasteiger partial charge in [-0.1, -0.05) is 0 Å². The van der Waals surface area contributed by atoms with Gasteiger partial charge in [-0.15, -0.1) is 0 Å². The number of carbonyl (C=O) groups is 3. The van der Waals surface area contributed by atoms with E-state index in [0.717, 1.165) is 0 Å². The van der Waals surface area contributed by atoms with Crippen molar-refractivity contribution in [2.24, 2.45) is 0 Å². The summed E-state index contributed by atoms with van der Waals surface area (Å²) in [5, 5.41) is 13.5. The van der Waals surface area contributed by atoms with Crippen LogP contribution in [0.25, 0.3) is 0 Å². The van der Waals surface area contributed by atoms with Crippen molar-refractivity contribution in [2.75, 3.05) is 18.4 Å². The molecule has 2 aliphatic rings. The number of likely N-dealkylation sites (tertiary alicyclic amines) is 1. The number of hydrogen-bond acceptors (Lipinski definition) is 6. The number of alkyl halides is 2. The molecule has 8 nitrogen and oxygen atoms in total. The van der Waals surface area contributed by atoms with E-state index in [1.165, 1.54) is 30.3 Å². The summed E-state index contributed by atoms with van der Waals surface area (Å²) in [6.45, 7) is 1.55. The van der Waals surface area contributed by atoms with E-state index >= 15 is 0 Å². The molecule has 0 radical (unpaired) electrons. The van der Waals surface area contributed by atoms with E-state index in [0.29, 0.717) is 43.5 Å². The maximum Gasteiger partial charge on any atom is 0.250 e. The highest BCUT2D eigenvalue weighted by Gasteiger charge is 2.39. The summed E-state index contributed by atoms with van der Waals surface area (Å²) in [6.07, 6.45) is 4.36. The van der Waals surface area contributed by atoms with Gasteiger partial charge in [-0.2, -0.15) is 0 Å². The zero-order valence-electron chi connectivity index (χ0n) is 17.4. The summed E-state index contributed by atoms with van der Waals surface area (Å²) in [6, 6.07) is 0.249. The van der Waals surface area contributed by atoms with Crippen LogP contribution >= 0.6 is 0 Å². The Bertz CT molecular complexity index is 876. The fourth-order valence-electron chi connectivity index (χ4n) is 4.15. The Labute approximate surface area is 179 Å². The zero-order valence-corrected chi connectivity index (χ0v) is 17.4. The molecule has 2 atom stereocenters. The van der Waals surface area contributed by atoms with Crippen LogP contribution in [0.15, 0.2) is 18.5 Å². The van der Waals surface area contributed by atoms with E-state index in [4.69, 9.17) is 5.41 Å². The van der Waals surface area contributed by atoms with Crippen molar-refractivity contribution in [3.05, 3.63) is 24.0 Å². The van der Waals surface area contributed by atoms with Gasteiger partial charge in [-0.25, -0.2) is 8.78 Å². The quantitative estimate of drug-likeness (QED) is 0.568. The van der Waals surface area contributed by atoms with E-state index in [2.05, 4.69) is 15.6 Å². The highest BCUT2D eigenvalue weighted by molar-refractivity contribution is 6.45. The SMILES string of the molecule is CC(=O)C(=N)c1ccncc1NCC(=O)N1CCCC1C(=O)NC1CCCC(F)(F)C1. The number of ketones is 1. The topological polar surface area (TPSA) is 115 Å². The summed E-state index contributed by atoms with van der Waals surface area (Å²) in [7, 11) is 0. The van der Waals surface area contributed by atoms with Gasteiger partial charge >= 0.3 is 0 Å². The smallest absolute Gasteiger partial charge is 0.250 e. The van der Waals surface area contributed by atoms with Crippen LogP contribution in [0.5, 0.6) is 0 Å². The number of pyridine rings is 1. The van der Waals surface area contributed by atoms with E-state index in [1.54, 1.807) is 0 Å². The Morgan fingerprint density at radius 3 is 2.77 bits per heavy atom. The monoisotopic (exact) mass is 435 g/mol. The second kappa shape index (κ2) is 9.49. The van der Waals surface area contributed by atoms with Gasteiger partial charge in [-0.05, 0) is 31.7 Å². The van der Waals surface area contributed by atoms with Gasteiger partial charge in [0.25, 0.3) is 0 Å². The molecule has 2 unspecified atom stereocenters. The van der Waals surface area contributed by atoms with E-state index in [-0.39, 0.29) is 31.0 Å². The van der Waals surface area contributed by atoms with Gasteiger partial charge in [0.2, 0.25) is 17.7 Å². The lowest BCUT2D eigenvalue weighted by Crippen LogP contribution is -2.51. The fourth-order valence-corrected chi connectivity index (χ4v) is 4.15. The van der Waals surface area contributed by atoms with Crippen molar-refractivity contribution in [3.8, 4) is 0 Å². The maximum absolute atomic E-state index is 13.6. The predicted octanol–water partition coefficient (Wildman–Crippen LogP) is 2.14. The Hall–Kier alpha value is -2.91. The summed E-state index contributed by atoms with van der Waals surface area (Å²) in [4.78, 5) is 42.4. The first-order chi connectivity index (χ1) is 14.7. The molecule has 2 amide bonds. The third-order valence-corrected chi connectivity index (χ3v) is 5.73. The molecule has 1 saturated heterocycles. The molecule has 1 aromatic heterocycles. The number of aromatic nitrogens is 1. The van der Waals surface area contributed by atoms with Gasteiger partial charge in [0.05, 0.1) is 18.4 Å². The van der Waals surface area contributed by atoms with E-state index in [1.807, 2.05) is 0 Å². The van der Waals surface area contributed by atoms with Crippen molar-refractivity contribution in [1.29, 1.82) is 5.41 Å². The Morgan fingerprint density at radius 2 is 2.06 bits per heavy atom. The molecule has 10 heteroatoms. The molecule has 168 valence electrons. The molecular formula is C21H27F2N5O3. The van der Waals surface area contributed by atoms with Crippen LogP contribution < -0.4 is 10.6 Å². The van der Waals surface area contributed by atoms with Crippen LogP contribution in [0.3, 0.4) is 0 Å². The molecule has 31 heavy (non-hydrogen) atoms. The number of anilines is 1. The molecule has 2 heterocycles. The normalized spacial score (nSPS) is 22.6. The van der Waals surface area contributed by atoms with Crippen molar-refractivity contribution >= 4 is 29.0 Å². The Kier molecular flexibility index (Phi) is 6.97. The van der Waals surface area contributed by atoms with Crippen molar-refractivity contribution < 1.29 is 23.2 Å². The minimum absolute atomic E-state index is 0.144. The van der Waals surface area contributed by atoms with Gasteiger partial charge < -0.3 is 15.5 Å². The first-order valence-corrected chi connectivity index (χ1v) is 10.4. The van der Waals surface area contributed by atoms with Crippen LogP contribution in [-0.2, 0) is 14.4 Å². The third kappa shape index (κ3) is 5.62. The number of halogens is 2. The Balaban J connectivity index is 1.60. The summed E-state index contributed by atoms with van der Waals surface area (Å²) < 4.78 is 27.2. The van der Waals surface area contributed by atoms with Crippen LogP contribution in [0.2, 0.25) is 0 Å². The number of Topliss-reactive ketones (excluding diaryl/α,β-unsaturated/α-hetero) is 1.